The molecule has 0 amide bonds. The molecule has 27 heavy (non-hydrogen) atoms. The van der Waals surface area contributed by atoms with Crippen molar-refractivity contribution in [2.45, 2.75) is 51.6 Å². The van der Waals surface area contributed by atoms with E-state index < -0.39 is 11.7 Å². The van der Waals surface area contributed by atoms with Gasteiger partial charge in [-0.2, -0.15) is 0 Å². The molecule has 1 saturated heterocycles. The fraction of sp³-hybridized carbons (Fsp3) is 0.550. The summed E-state index contributed by atoms with van der Waals surface area (Å²) in [4.78, 5) is 16.6. The molecular weight excluding hydrogens is 357 g/mol. The molecule has 148 valence electrons. The number of nitrogens with one attached hydrogen (secondary N) is 1. The third kappa shape index (κ3) is 4.83. The first-order valence-corrected chi connectivity index (χ1v) is 9.37. The number of H-pyrrole nitrogens is 1. The van der Waals surface area contributed by atoms with Crippen molar-refractivity contribution in [3.05, 3.63) is 40.1 Å². The molecule has 7 heteroatoms. The molecule has 1 fully saturated rings. The number of rotatable bonds is 6. The zero-order chi connectivity index (χ0) is 19.6. The van der Waals surface area contributed by atoms with Crippen molar-refractivity contribution in [3.63, 3.8) is 0 Å². The quantitative estimate of drug-likeness (QED) is 0.818. The lowest BCUT2D eigenvalue weighted by Crippen LogP contribution is -2.40. The van der Waals surface area contributed by atoms with E-state index in [9.17, 15) is 18.0 Å². The maximum absolute atomic E-state index is 14.4. The van der Waals surface area contributed by atoms with Gasteiger partial charge in [0.05, 0.1) is 5.39 Å². The predicted octanol–water partition coefficient (Wildman–Crippen LogP) is 4.12. The second-order valence-corrected chi connectivity index (χ2v) is 7.30. The Labute approximate surface area is 156 Å². The summed E-state index contributed by atoms with van der Waals surface area (Å²) in [5.74, 6) is -3.08. The Balaban J connectivity index is 1.69. The molecule has 2 aromatic rings. The van der Waals surface area contributed by atoms with Crippen molar-refractivity contribution < 1.29 is 17.9 Å². The summed E-state index contributed by atoms with van der Waals surface area (Å²) in [6.45, 7) is 4.54. The van der Waals surface area contributed by atoms with E-state index >= 15 is 0 Å². The van der Waals surface area contributed by atoms with Gasteiger partial charge in [0, 0.05) is 32.3 Å². The number of nitrogens with zero attached hydrogens (tertiary/aromatic N) is 1. The number of hydrogen-bond acceptors (Lipinski definition) is 3. The first-order chi connectivity index (χ1) is 12.8. The fourth-order valence-electron chi connectivity index (χ4n) is 3.48. The van der Waals surface area contributed by atoms with E-state index in [0.29, 0.717) is 49.7 Å². The lowest BCUT2D eigenvalue weighted by atomic mass is 10.0. The number of ether oxygens (including phenoxy) is 1. The Morgan fingerprint density at radius 3 is 2.59 bits per heavy atom. The molecule has 2 heterocycles. The standard InChI is InChI=1S/C20H25F3N2O2/c1-3-13-12-24-19(26)16-10-17(21)18(11-15(13)16)27-14-4-7-25(8-5-14)9-6-20(2,22)23/h10-12,14H,3-9H2,1-2H3,(H,24,26). The summed E-state index contributed by atoms with van der Waals surface area (Å²) >= 11 is 0. The predicted molar refractivity (Wildman–Crippen MR) is 99.2 cm³/mol. The van der Waals surface area contributed by atoms with Gasteiger partial charge in [0.2, 0.25) is 5.92 Å². The van der Waals surface area contributed by atoms with Gasteiger partial charge in [0.15, 0.2) is 11.6 Å². The number of hydrogen-bond donors (Lipinski definition) is 1. The van der Waals surface area contributed by atoms with Crippen LogP contribution in [0.25, 0.3) is 10.8 Å². The van der Waals surface area contributed by atoms with Crippen molar-refractivity contribution in [2.75, 3.05) is 19.6 Å². The van der Waals surface area contributed by atoms with Crippen molar-refractivity contribution in [3.8, 4) is 5.75 Å². The summed E-state index contributed by atoms with van der Waals surface area (Å²) in [5.41, 5.74) is 0.596. The summed E-state index contributed by atoms with van der Waals surface area (Å²) < 4.78 is 46.3. The third-order valence-electron chi connectivity index (χ3n) is 5.12. The molecule has 3 rings (SSSR count). The zero-order valence-corrected chi connectivity index (χ0v) is 15.7. The van der Waals surface area contributed by atoms with Crippen LogP contribution >= 0.6 is 0 Å². The van der Waals surface area contributed by atoms with Gasteiger partial charge in [0.1, 0.15) is 6.10 Å². The molecule has 0 spiro atoms. The first-order valence-electron chi connectivity index (χ1n) is 9.37. The molecule has 1 N–H and O–H groups in total. The minimum Gasteiger partial charge on any atom is -0.487 e. The largest absolute Gasteiger partial charge is 0.487 e. The van der Waals surface area contributed by atoms with Gasteiger partial charge in [0.25, 0.3) is 5.56 Å². The van der Waals surface area contributed by atoms with E-state index in [1.54, 1.807) is 12.3 Å². The second kappa shape index (κ2) is 7.92. The van der Waals surface area contributed by atoms with E-state index in [2.05, 4.69) is 4.98 Å². The number of benzene rings is 1. The summed E-state index contributed by atoms with van der Waals surface area (Å²) in [6.07, 6.45) is 3.34. The van der Waals surface area contributed by atoms with Crippen LogP contribution in [0.5, 0.6) is 5.75 Å². The van der Waals surface area contributed by atoms with Crippen molar-refractivity contribution in [1.29, 1.82) is 0 Å². The highest BCUT2D eigenvalue weighted by atomic mass is 19.3. The van der Waals surface area contributed by atoms with Gasteiger partial charge in [-0.15, -0.1) is 0 Å². The van der Waals surface area contributed by atoms with Crippen molar-refractivity contribution >= 4 is 10.8 Å². The van der Waals surface area contributed by atoms with Crippen LogP contribution in [0.1, 0.15) is 38.7 Å². The van der Waals surface area contributed by atoms with E-state index in [0.717, 1.165) is 12.5 Å². The molecular formula is C20H25F3N2O2. The number of aryl methyl sites for hydroxylation is 1. The van der Waals surface area contributed by atoms with Crippen LogP contribution in [-0.4, -0.2) is 41.5 Å². The molecule has 0 aliphatic carbocycles. The van der Waals surface area contributed by atoms with E-state index in [1.165, 1.54) is 6.07 Å². The smallest absolute Gasteiger partial charge is 0.255 e. The maximum Gasteiger partial charge on any atom is 0.255 e. The maximum atomic E-state index is 14.4. The Hall–Kier alpha value is -2.02. The van der Waals surface area contributed by atoms with Crippen LogP contribution in [0.2, 0.25) is 0 Å². The molecule has 4 nitrogen and oxygen atoms in total. The molecule has 1 aromatic heterocycles. The average Bonchev–Trinajstić information content (AvgIpc) is 2.62. The van der Waals surface area contributed by atoms with Gasteiger partial charge in [-0.1, -0.05) is 6.92 Å². The van der Waals surface area contributed by atoms with Gasteiger partial charge in [-0.05, 0) is 49.3 Å². The summed E-state index contributed by atoms with van der Waals surface area (Å²) in [5, 5.41) is 1.01. The van der Waals surface area contributed by atoms with Crippen LogP contribution < -0.4 is 10.3 Å². The number of alkyl halides is 2. The van der Waals surface area contributed by atoms with Gasteiger partial charge in [-0.3, -0.25) is 4.79 Å². The second-order valence-electron chi connectivity index (χ2n) is 7.30. The molecule has 1 aliphatic rings. The highest BCUT2D eigenvalue weighted by molar-refractivity contribution is 5.86. The van der Waals surface area contributed by atoms with E-state index in [4.69, 9.17) is 4.74 Å². The minimum absolute atomic E-state index is 0.140. The zero-order valence-electron chi connectivity index (χ0n) is 15.7. The SMILES string of the molecule is CCc1c[nH]c(=O)c2cc(F)c(OC3CCN(CCC(C)(F)F)CC3)cc12. The normalized spacial score (nSPS) is 16.8. The molecule has 1 aliphatic heterocycles. The van der Waals surface area contributed by atoms with Crippen LogP contribution in [0.15, 0.2) is 23.1 Å². The van der Waals surface area contributed by atoms with Gasteiger partial charge >= 0.3 is 0 Å². The lowest BCUT2D eigenvalue weighted by molar-refractivity contribution is -0.00235. The first kappa shape index (κ1) is 19.7. The number of piperidine rings is 1. The van der Waals surface area contributed by atoms with Gasteiger partial charge < -0.3 is 14.6 Å². The Morgan fingerprint density at radius 1 is 1.26 bits per heavy atom. The van der Waals surface area contributed by atoms with Crippen molar-refractivity contribution in [2.24, 2.45) is 0 Å². The molecule has 0 unspecified atom stereocenters. The molecule has 0 saturated carbocycles. The highest BCUT2D eigenvalue weighted by Crippen LogP contribution is 2.28. The fourth-order valence-corrected chi connectivity index (χ4v) is 3.48. The van der Waals surface area contributed by atoms with Crippen molar-refractivity contribution in [1.82, 2.24) is 9.88 Å². The molecule has 0 bridgehead atoms. The van der Waals surface area contributed by atoms with E-state index in [1.807, 2.05) is 11.8 Å². The molecule has 0 atom stereocenters. The number of likely N-dealkylation sites (tertiary alicyclic amines) is 1. The lowest BCUT2D eigenvalue weighted by Gasteiger charge is -2.32. The highest BCUT2D eigenvalue weighted by Gasteiger charge is 2.26. The molecule has 0 radical (unpaired) electrons. The summed E-state index contributed by atoms with van der Waals surface area (Å²) in [6, 6.07) is 2.82. The van der Waals surface area contributed by atoms with Crippen LogP contribution in [-0.2, 0) is 6.42 Å². The van der Waals surface area contributed by atoms with Crippen LogP contribution in [0, 0.1) is 5.82 Å². The average molecular weight is 382 g/mol. The number of aromatic amines is 1. The van der Waals surface area contributed by atoms with Crippen LogP contribution in [0.3, 0.4) is 0 Å². The minimum atomic E-state index is -2.66. The monoisotopic (exact) mass is 382 g/mol. The van der Waals surface area contributed by atoms with E-state index in [-0.39, 0.29) is 23.8 Å². The Morgan fingerprint density at radius 2 is 1.96 bits per heavy atom. The number of halogens is 3. The third-order valence-corrected chi connectivity index (χ3v) is 5.12. The Kier molecular flexibility index (Phi) is 5.79. The van der Waals surface area contributed by atoms with Gasteiger partial charge in [-0.25, -0.2) is 13.2 Å². The summed E-state index contributed by atoms with van der Waals surface area (Å²) in [7, 11) is 0. The number of fused-ring (bicyclic) bond motifs is 1. The topological polar surface area (TPSA) is 45.3 Å². The molecule has 1 aromatic carbocycles. The van der Waals surface area contributed by atoms with Crippen LogP contribution in [0.4, 0.5) is 13.2 Å². The Bertz CT molecular complexity index is 853. The number of aromatic nitrogens is 1. The number of pyridine rings is 1.